The van der Waals surface area contributed by atoms with Gasteiger partial charge in [0, 0.05) is 42.7 Å². The van der Waals surface area contributed by atoms with Crippen molar-refractivity contribution < 1.29 is 14.3 Å². The number of aromatic nitrogens is 2. The summed E-state index contributed by atoms with van der Waals surface area (Å²) >= 11 is 0. The molecule has 2 aliphatic rings. The highest BCUT2D eigenvalue weighted by Gasteiger charge is 2.54. The van der Waals surface area contributed by atoms with Crippen LogP contribution < -0.4 is 10.6 Å². The first-order valence-corrected chi connectivity index (χ1v) is 10.6. The number of benzene rings is 1. The molecule has 0 bridgehead atoms. The highest BCUT2D eigenvalue weighted by Crippen LogP contribution is 2.49. The van der Waals surface area contributed by atoms with E-state index in [0.717, 1.165) is 48.7 Å². The van der Waals surface area contributed by atoms with Crippen LogP contribution in [0.15, 0.2) is 36.4 Å². The summed E-state index contributed by atoms with van der Waals surface area (Å²) in [5.41, 5.74) is 2.23. The molecule has 31 heavy (non-hydrogen) atoms. The van der Waals surface area contributed by atoms with Gasteiger partial charge in [0.05, 0.1) is 5.69 Å². The molecule has 8 nitrogen and oxygen atoms in total. The minimum atomic E-state index is -0.456. The molecule has 2 N–H and O–H groups in total. The predicted octanol–water partition coefficient (Wildman–Crippen LogP) is 3.91. The monoisotopic (exact) mass is 423 g/mol. The summed E-state index contributed by atoms with van der Waals surface area (Å²) in [7, 11) is 0. The molecule has 4 rings (SSSR count). The van der Waals surface area contributed by atoms with Crippen LogP contribution in [-0.2, 0) is 9.53 Å². The van der Waals surface area contributed by atoms with Crippen LogP contribution in [0.1, 0.15) is 40.5 Å². The third kappa shape index (κ3) is 4.95. The molecule has 0 radical (unpaired) electrons. The molecule has 0 unspecified atom stereocenters. The van der Waals surface area contributed by atoms with E-state index >= 15 is 0 Å². The van der Waals surface area contributed by atoms with Crippen LogP contribution in [0.2, 0.25) is 0 Å². The third-order valence-electron chi connectivity index (χ3n) is 5.58. The Kier molecular flexibility index (Phi) is 5.33. The van der Waals surface area contributed by atoms with Gasteiger partial charge in [-0.15, -0.1) is 10.2 Å². The fourth-order valence-corrected chi connectivity index (χ4v) is 4.26. The lowest BCUT2D eigenvalue weighted by Gasteiger charge is -2.58. The molecular formula is C23H29N5O3. The lowest BCUT2D eigenvalue weighted by Crippen LogP contribution is -2.66. The number of rotatable bonds is 4. The van der Waals surface area contributed by atoms with Gasteiger partial charge in [-0.1, -0.05) is 12.1 Å². The van der Waals surface area contributed by atoms with Gasteiger partial charge in [-0.25, -0.2) is 4.79 Å². The molecule has 1 aromatic carbocycles. The Morgan fingerprint density at radius 1 is 1.06 bits per heavy atom. The number of amides is 2. The lowest BCUT2D eigenvalue weighted by molar-refractivity contribution is -0.114. The fourth-order valence-electron chi connectivity index (χ4n) is 4.26. The molecule has 1 aliphatic heterocycles. The number of ether oxygens (including phenoxy) is 1. The first-order chi connectivity index (χ1) is 14.6. The molecule has 2 heterocycles. The van der Waals surface area contributed by atoms with Crippen LogP contribution in [0.3, 0.4) is 0 Å². The molecule has 1 saturated carbocycles. The van der Waals surface area contributed by atoms with E-state index in [2.05, 4.69) is 20.8 Å². The van der Waals surface area contributed by atoms with Crippen molar-refractivity contribution in [2.45, 2.75) is 52.2 Å². The maximum absolute atomic E-state index is 12.1. The van der Waals surface area contributed by atoms with Crippen molar-refractivity contribution in [1.82, 2.24) is 15.1 Å². The van der Waals surface area contributed by atoms with Gasteiger partial charge in [-0.05, 0) is 57.9 Å². The largest absolute Gasteiger partial charge is 0.444 e. The highest BCUT2D eigenvalue weighted by molar-refractivity contribution is 5.88. The third-order valence-corrected chi connectivity index (χ3v) is 5.58. The van der Waals surface area contributed by atoms with Gasteiger partial charge in [0.2, 0.25) is 5.91 Å². The van der Waals surface area contributed by atoms with Gasteiger partial charge < -0.3 is 20.3 Å². The van der Waals surface area contributed by atoms with Crippen molar-refractivity contribution >= 4 is 23.5 Å². The number of nitrogens with one attached hydrogen (secondary N) is 2. The highest BCUT2D eigenvalue weighted by atomic mass is 16.6. The molecular weight excluding hydrogens is 394 g/mol. The number of likely N-dealkylation sites (tertiary alicyclic amines) is 1. The maximum atomic E-state index is 12.1. The lowest BCUT2D eigenvalue weighted by atomic mass is 9.61. The quantitative estimate of drug-likeness (QED) is 0.774. The van der Waals surface area contributed by atoms with Gasteiger partial charge in [0.15, 0.2) is 0 Å². The van der Waals surface area contributed by atoms with E-state index in [4.69, 9.17) is 4.74 Å². The van der Waals surface area contributed by atoms with E-state index in [1.807, 2.05) is 57.2 Å². The number of anilines is 2. The number of hydrogen-bond donors (Lipinski definition) is 2. The van der Waals surface area contributed by atoms with Crippen LogP contribution in [0, 0.1) is 5.41 Å². The van der Waals surface area contributed by atoms with E-state index < -0.39 is 5.60 Å². The Labute approximate surface area is 182 Å². The Balaban J connectivity index is 1.25. The van der Waals surface area contributed by atoms with Crippen molar-refractivity contribution in [2.75, 3.05) is 23.7 Å². The second kappa shape index (κ2) is 7.83. The van der Waals surface area contributed by atoms with E-state index in [-0.39, 0.29) is 17.4 Å². The molecule has 2 fully saturated rings. The zero-order valence-corrected chi connectivity index (χ0v) is 18.4. The molecule has 1 spiro atoms. The fraction of sp³-hybridized carbons (Fsp3) is 0.478. The van der Waals surface area contributed by atoms with Gasteiger partial charge in [-0.2, -0.15) is 0 Å². The van der Waals surface area contributed by atoms with E-state index in [1.54, 1.807) is 4.90 Å². The van der Waals surface area contributed by atoms with Gasteiger partial charge in [0.1, 0.15) is 11.4 Å². The Hall–Kier alpha value is -3.16. The molecule has 2 aromatic rings. The normalized spacial score (nSPS) is 17.5. The molecule has 1 saturated heterocycles. The molecule has 164 valence electrons. The van der Waals surface area contributed by atoms with Gasteiger partial charge in [-0.3, -0.25) is 4.79 Å². The summed E-state index contributed by atoms with van der Waals surface area (Å²) in [5, 5.41) is 14.8. The van der Waals surface area contributed by atoms with Crippen molar-refractivity contribution in [2.24, 2.45) is 5.41 Å². The average Bonchev–Trinajstić information content (AvgIpc) is 2.62. The second-order valence-corrected chi connectivity index (χ2v) is 9.65. The molecule has 8 heteroatoms. The van der Waals surface area contributed by atoms with E-state index in [1.165, 1.54) is 6.92 Å². The maximum Gasteiger partial charge on any atom is 0.410 e. The number of hydrogen-bond acceptors (Lipinski definition) is 6. The summed E-state index contributed by atoms with van der Waals surface area (Å²) in [4.78, 5) is 25.0. The van der Waals surface area contributed by atoms with Crippen LogP contribution in [0.4, 0.5) is 16.3 Å². The Morgan fingerprint density at radius 3 is 2.29 bits per heavy atom. The zero-order chi connectivity index (χ0) is 22.2. The summed E-state index contributed by atoms with van der Waals surface area (Å²) in [6.45, 7) is 8.67. The minimum Gasteiger partial charge on any atom is -0.444 e. The summed E-state index contributed by atoms with van der Waals surface area (Å²) in [6, 6.07) is 11.7. The number of nitrogens with zero attached hydrogens (tertiary/aromatic N) is 3. The van der Waals surface area contributed by atoms with Crippen LogP contribution in [-0.4, -0.2) is 51.8 Å². The van der Waals surface area contributed by atoms with E-state index in [0.29, 0.717) is 6.04 Å². The average molecular weight is 424 g/mol. The predicted molar refractivity (Wildman–Crippen MR) is 119 cm³/mol. The van der Waals surface area contributed by atoms with Gasteiger partial charge >= 0.3 is 6.09 Å². The molecule has 2 amide bonds. The van der Waals surface area contributed by atoms with Crippen molar-refractivity contribution in [1.29, 1.82) is 0 Å². The first-order valence-electron chi connectivity index (χ1n) is 10.6. The zero-order valence-electron chi connectivity index (χ0n) is 18.4. The van der Waals surface area contributed by atoms with Crippen molar-refractivity contribution in [3.8, 4) is 11.3 Å². The van der Waals surface area contributed by atoms with Crippen LogP contribution >= 0.6 is 0 Å². The van der Waals surface area contributed by atoms with Crippen molar-refractivity contribution in [3.63, 3.8) is 0 Å². The number of carbonyl (C=O) groups excluding carboxylic acids is 2. The molecule has 1 aliphatic carbocycles. The Morgan fingerprint density at radius 2 is 1.74 bits per heavy atom. The second-order valence-electron chi connectivity index (χ2n) is 9.65. The number of carbonyl (C=O) groups is 2. The SMILES string of the molecule is CC(=O)Nc1ccc(-c2ccc(NC3CC4(C3)CN(C(=O)OC(C)(C)C)C4)nn2)cc1. The molecule has 0 atom stereocenters. The summed E-state index contributed by atoms with van der Waals surface area (Å²) < 4.78 is 5.43. The first kappa shape index (κ1) is 21.1. The Bertz CT molecular complexity index is 952. The van der Waals surface area contributed by atoms with Crippen LogP contribution in [0.25, 0.3) is 11.3 Å². The molecule has 1 aromatic heterocycles. The minimum absolute atomic E-state index is 0.0970. The smallest absolute Gasteiger partial charge is 0.410 e. The summed E-state index contributed by atoms with van der Waals surface area (Å²) in [5.74, 6) is 0.655. The van der Waals surface area contributed by atoms with Crippen LogP contribution in [0.5, 0.6) is 0 Å². The summed E-state index contributed by atoms with van der Waals surface area (Å²) in [6.07, 6.45) is 1.81. The van der Waals surface area contributed by atoms with Gasteiger partial charge in [0.25, 0.3) is 0 Å². The van der Waals surface area contributed by atoms with E-state index in [9.17, 15) is 9.59 Å². The van der Waals surface area contributed by atoms with Crippen molar-refractivity contribution in [3.05, 3.63) is 36.4 Å². The standard InChI is InChI=1S/C23H29N5O3/c1-15(29)24-17-7-5-16(6-8-17)19-9-10-20(27-26-19)25-18-11-23(12-18)13-28(14-23)21(30)31-22(2,3)4/h5-10,18H,11-14H2,1-4H3,(H,24,29)(H,25,27). The topological polar surface area (TPSA) is 96.5 Å².